The lowest BCUT2D eigenvalue weighted by Gasteiger charge is -2.09. The molecule has 0 N–H and O–H groups in total. The zero-order valence-corrected chi connectivity index (χ0v) is 14.7. The predicted octanol–water partition coefficient (Wildman–Crippen LogP) is 4.66. The lowest BCUT2D eigenvalue weighted by atomic mass is 10.1. The Labute approximate surface area is 147 Å². The molecule has 0 amide bonds. The zero-order valence-electron chi connectivity index (χ0n) is 13.9. The van der Waals surface area contributed by atoms with Gasteiger partial charge in [0.1, 0.15) is 5.82 Å². The molecule has 3 aromatic rings. The highest BCUT2D eigenvalue weighted by molar-refractivity contribution is 7.98. The van der Waals surface area contributed by atoms with Gasteiger partial charge in [0.15, 0.2) is 5.16 Å². The molecule has 0 unspecified atom stereocenters. The highest BCUT2D eigenvalue weighted by Gasteiger charge is 2.12. The van der Waals surface area contributed by atoms with Crippen molar-refractivity contribution in [3.63, 3.8) is 0 Å². The van der Waals surface area contributed by atoms with Crippen molar-refractivity contribution < 1.29 is 0 Å². The number of allylic oxidation sites excluding steroid dienone is 1. The van der Waals surface area contributed by atoms with Crippen molar-refractivity contribution >= 4 is 11.8 Å². The minimum absolute atomic E-state index is 0.727. The predicted molar refractivity (Wildman–Crippen MR) is 100 cm³/mol. The number of benzene rings is 2. The van der Waals surface area contributed by atoms with E-state index in [2.05, 4.69) is 76.8 Å². The number of aryl methyl sites for hydroxylation is 1. The van der Waals surface area contributed by atoms with Crippen molar-refractivity contribution in [1.82, 2.24) is 14.8 Å². The number of hydrogen-bond donors (Lipinski definition) is 0. The van der Waals surface area contributed by atoms with Gasteiger partial charge in [0.25, 0.3) is 0 Å². The van der Waals surface area contributed by atoms with E-state index in [1.54, 1.807) is 11.8 Å². The molecule has 0 fully saturated rings. The largest absolute Gasteiger partial charge is 0.302 e. The SMILES string of the molecule is C=CCn1c(Cc2ccccc2)nnc1SCc1ccccc1C. The average Bonchev–Trinajstić information content (AvgIpc) is 2.97. The summed E-state index contributed by atoms with van der Waals surface area (Å²) >= 11 is 1.73. The molecule has 0 radical (unpaired) electrons. The van der Waals surface area contributed by atoms with Gasteiger partial charge >= 0.3 is 0 Å². The number of hydrogen-bond acceptors (Lipinski definition) is 3. The smallest absolute Gasteiger partial charge is 0.191 e. The standard InChI is InChI=1S/C20H21N3S/c1-3-13-23-19(14-17-10-5-4-6-11-17)21-22-20(23)24-15-18-12-8-7-9-16(18)2/h3-12H,1,13-15H2,2H3. The molecule has 1 aromatic heterocycles. The lowest BCUT2D eigenvalue weighted by molar-refractivity contribution is 0.690. The van der Waals surface area contributed by atoms with Crippen molar-refractivity contribution in [3.05, 3.63) is 89.8 Å². The Morgan fingerprint density at radius 2 is 1.79 bits per heavy atom. The van der Waals surface area contributed by atoms with Crippen LogP contribution in [-0.4, -0.2) is 14.8 Å². The van der Waals surface area contributed by atoms with Gasteiger partial charge in [0, 0.05) is 18.7 Å². The van der Waals surface area contributed by atoms with Gasteiger partial charge in [-0.25, -0.2) is 0 Å². The summed E-state index contributed by atoms with van der Waals surface area (Å²) in [5, 5.41) is 9.76. The van der Waals surface area contributed by atoms with Gasteiger partial charge < -0.3 is 4.57 Å². The maximum atomic E-state index is 4.41. The maximum Gasteiger partial charge on any atom is 0.191 e. The van der Waals surface area contributed by atoms with Crippen molar-refractivity contribution in [2.24, 2.45) is 0 Å². The monoisotopic (exact) mass is 335 g/mol. The van der Waals surface area contributed by atoms with Gasteiger partial charge in [0.2, 0.25) is 0 Å². The van der Waals surface area contributed by atoms with E-state index in [-0.39, 0.29) is 0 Å². The second kappa shape index (κ2) is 7.97. The molecule has 24 heavy (non-hydrogen) atoms. The molecule has 0 spiro atoms. The first kappa shape index (κ1) is 16.5. The Bertz CT molecular complexity index is 809. The third kappa shape index (κ3) is 3.95. The molecule has 0 saturated heterocycles. The Balaban J connectivity index is 1.78. The number of rotatable bonds is 7. The summed E-state index contributed by atoms with van der Waals surface area (Å²) in [6.45, 7) is 6.74. The average molecular weight is 335 g/mol. The summed E-state index contributed by atoms with van der Waals surface area (Å²) in [5.74, 6) is 1.88. The fourth-order valence-corrected chi connectivity index (χ4v) is 3.60. The summed E-state index contributed by atoms with van der Waals surface area (Å²) in [4.78, 5) is 0. The molecule has 0 aliphatic heterocycles. The number of nitrogens with zero attached hydrogens (tertiary/aromatic N) is 3. The van der Waals surface area contributed by atoms with Gasteiger partial charge in [-0.05, 0) is 23.6 Å². The topological polar surface area (TPSA) is 30.7 Å². The second-order valence-corrected chi connectivity index (χ2v) is 6.62. The van der Waals surface area contributed by atoms with Crippen LogP contribution in [-0.2, 0) is 18.7 Å². The van der Waals surface area contributed by atoms with E-state index in [9.17, 15) is 0 Å². The Morgan fingerprint density at radius 3 is 2.54 bits per heavy atom. The molecule has 0 aliphatic carbocycles. The summed E-state index contributed by atoms with van der Waals surface area (Å²) in [7, 11) is 0. The van der Waals surface area contributed by atoms with Gasteiger partial charge in [0.05, 0.1) is 0 Å². The molecule has 0 saturated carbocycles. The molecule has 0 bridgehead atoms. The molecule has 0 aliphatic rings. The summed E-state index contributed by atoms with van der Waals surface area (Å²) in [6, 6.07) is 18.8. The summed E-state index contributed by atoms with van der Waals surface area (Å²) in [6.07, 6.45) is 2.68. The van der Waals surface area contributed by atoms with Crippen molar-refractivity contribution in [3.8, 4) is 0 Å². The second-order valence-electron chi connectivity index (χ2n) is 5.68. The van der Waals surface area contributed by atoms with Crippen LogP contribution in [0.3, 0.4) is 0 Å². The van der Waals surface area contributed by atoms with E-state index in [4.69, 9.17) is 0 Å². The maximum absolute atomic E-state index is 4.41. The van der Waals surface area contributed by atoms with Crippen LogP contribution in [0.5, 0.6) is 0 Å². The summed E-state index contributed by atoms with van der Waals surface area (Å²) < 4.78 is 2.16. The fraction of sp³-hybridized carbons (Fsp3) is 0.200. The third-order valence-electron chi connectivity index (χ3n) is 3.93. The van der Waals surface area contributed by atoms with E-state index in [0.29, 0.717) is 0 Å². The zero-order chi connectivity index (χ0) is 16.8. The molecule has 122 valence electrons. The van der Waals surface area contributed by atoms with E-state index < -0.39 is 0 Å². The van der Waals surface area contributed by atoms with Crippen molar-refractivity contribution in [2.45, 2.75) is 30.8 Å². The first-order valence-electron chi connectivity index (χ1n) is 8.02. The minimum Gasteiger partial charge on any atom is -0.302 e. The van der Waals surface area contributed by atoms with Crippen LogP contribution in [0.25, 0.3) is 0 Å². The Morgan fingerprint density at radius 1 is 1.04 bits per heavy atom. The van der Waals surface area contributed by atoms with Gasteiger partial charge in [-0.2, -0.15) is 0 Å². The van der Waals surface area contributed by atoms with Gasteiger partial charge in [-0.1, -0.05) is 72.4 Å². The summed E-state index contributed by atoms with van der Waals surface area (Å²) in [5.41, 5.74) is 3.88. The van der Waals surface area contributed by atoms with Crippen LogP contribution in [0.2, 0.25) is 0 Å². The fourth-order valence-electron chi connectivity index (χ4n) is 2.56. The highest BCUT2D eigenvalue weighted by Crippen LogP contribution is 2.24. The van der Waals surface area contributed by atoms with Crippen LogP contribution in [0, 0.1) is 6.92 Å². The molecule has 0 atom stereocenters. The van der Waals surface area contributed by atoms with Crippen LogP contribution in [0.15, 0.2) is 72.4 Å². The molecule has 3 rings (SSSR count). The Hall–Kier alpha value is -2.33. The Kier molecular flexibility index (Phi) is 5.49. The first-order chi connectivity index (χ1) is 11.8. The quantitative estimate of drug-likeness (QED) is 0.465. The van der Waals surface area contributed by atoms with E-state index in [0.717, 1.165) is 29.7 Å². The van der Waals surface area contributed by atoms with Crippen LogP contribution >= 0.6 is 11.8 Å². The van der Waals surface area contributed by atoms with Crippen molar-refractivity contribution in [1.29, 1.82) is 0 Å². The van der Waals surface area contributed by atoms with Gasteiger partial charge in [-0.15, -0.1) is 16.8 Å². The van der Waals surface area contributed by atoms with E-state index >= 15 is 0 Å². The molecular formula is C20H21N3S. The first-order valence-corrected chi connectivity index (χ1v) is 9.00. The number of aromatic nitrogens is 3. The highest BCUT2D eigenvalue weighted by atomic mass is 32.2. The van der Waals surface area contributed by atoms with Crippen LogP contribution in [0.1, 0.15) is 22.5 Å². The normalized spacial score (nSPS) is 10.7. The molecule has 1 heterocycles. The number of thioether (sulfide) groups is 1. The molecule has 4 heteroatoms. The van der Waals surface area contributed by atoms with E-state index in [1.165, 1.54) is 16.7 Å². The van der Waals surface area contributed by atoms with Crippen LogP contribution < -0.4 is 0 Å². The van der Waals surface area contributed by atoms with Gasteiger partial charge in [-0.3, -0.25) is 0 Å². The third-order valence-corrected chi connectivity index (χ3v) is 4.94. The van der Waals surface area contributed by atoms with Crippen LogP contribution in [0.4, 0.5) is 0 Å². The lowest BCUT2D eigenvalue weighted by Crippen LogP contribution is -2.05. The molecule has 3 nitrogen and oxygen atoms in total. The molecular weight excluding hydrogens is 314 g/mol. The van der Waals surface area contributed by atoms with Crippen molar-refractivity contribution in [2.75, 3.05) is 0 Å². The minimum atomic E-state index is 0.727. The van der Waals surface area contributed by atoms with E-state index in [1.807, 2.05) is 12.1 Å². The molecule has 2 aromatic carbocycles.